The van der Waals surface area contributed by atoms with E-state index >= 15 is 0 Å². The van der Waals surface area contributed by atoms with Gasteiger partial charge in [-0.1, -0.05) is 13.8 Å². The van der Waals surface area contributed by atoms with Gasteiger partial charge >= 0.3 is 0 Å². The highest BCUT2D eigenvalue weighted by atomic mass is 16.5. The third-order valence-corrected chi connectivity index (χ3v) is 8.97. The van der Waals surface area contributed by atoms with Crippen LogP contribution in [0.2, 0.25) is 0 Å². The summed E-state index contributed by atoms with van der Waals surface area (Å²) in [5, 5.41) is 0. The molecule has 3 heteroatoms. The van der Waals surface area contributed by atoms with E-state index in [2.05, 4.69) is 6.92 Å². The van der Waals surface area contributed by atoms with Crippen LogP contribution in [-0.4, -0.2) is 24.3 Å². The normalized spacial score (nSPS) is 50.7. The first kappa shape index (κ1) is 16.2. The molecule has 1 saturated heterocycles. The van der Waals surface area contributed by atoms with Crippen molar-refractivity contribution in [2.75, 3.05) is 6.61 Å². The number of fused-ring (bicyclic) bond motifs is 3. The molecule has 0 amide bonds. The van der Waals surface area contributed by atoms with Crippen LogP contribution in [0.5, 0.6) is 0 Å². The summed E-state index contributed by atoms with van der Waals surface area (Å²) in [6.45, 7) is 5.27. The second-order valence-corrected chi connectivity index (χ2v) is 9.63. The van der Waals surface area contributed by atoms with Gasteiger partial charge in [-0.25, -0.2) is 0 Å². The van der Waals surface area contributed by atoms with Crippen LogP contribution in [0.1, 0.15) is 65.2 Å². The van der Waals surface area contributed by atoms with Crippen molar-refractivity contribution in [1.82, 2.24) is 0 Å². The van der Waals surface area contributed by atoms with Crippen LogP contribution in [0, 0.1) is 34.5 Å². The summed E-state index contributed by atoms with van der Waals surface area (Å²) in [6.07, 6.45) is 10.3. The molecule has 2 bridgehead atoms. The summed E-state index contributed by atoms with van der Waals surface area (Å²) in [4.78, 5) is 24.6. The molecular weight excluding hydrogens is 312 g/mol. The maximum atomic E-state index is 12.6. The summed E-state index contributed by atoms with van der Waals surface area (Å²) in [5.41, 5.74) is 1.69. The van der Waals surface area contributed by atoms with Crippen molar-refractivity contribution in [2.24, 2.45) is 34.5 Å². The van der Waals surface area contributed by atoms with Crippen LogP contribution in [0.15, 0.2) is 11.6 Å². The molecule has 4 unspecified atom stereocenters. The van der Waals surface area contributed by atoms with Crippen LogP contribution < -0.4 is 0 Å². The minimum Gasteiger partial charge on any atom is -0.373 e. The number of carbonyl (C=O) groups is 2. The fraction of sp³-hybridized carbons (Fsp3) is 0.818. The Kier molecular flexibility index (Phi) is 3.43. The number of rotatable bonds is 2. The molecule has 0 aromatic heterocycles. The maximum absolute atomic E-state index is 12.6. The molecule has 0 N–H and O–H groups in total. The fourth-order valence-electron chi connectivity index (χ4n) is 7.81. The van der Waals surface area contributed by atoms with E-state index in [9.17, 15) is 9.59 Å². The fourth-order valence-corrected chi connectivity index (χ4v) is 7.81. The average molecular weight is 342 g/mol. The second kappa shape index (κ2) is 5.28. The molecule has 0 aromatic rings. The molecule has 7 atom stereocenters. The zero-order chi connectivity index (χ0) is 17.4. The van der Waals surface area contributed by atoms with Gasteiger partial charge in [-0.05, 0) is 73.3 Å². The molecule has 4 aliphatic carbocycles. The van der Waals surface area contributed by atoms with E-state index in [4.69, 9.17) is 4.74 Å². The monoisotopic (exact) mass is 342 g/mol. The Balaban J connectivity index is 1.51. The smallest absolute Gasteiger partial charge is 0.155 e. The van der Waals surface area contributed by atoms with E-state index in [0.29, 0.717) is 42.2 Å². The van der Waals surface area contributed by atoms with Gasteiger partial charge in [0.25, 0.3) is 0 Å². The Morgan fingerprint density at radius 1 is 1.24 bits per heavy atom. The van der Waals surface area contributed by atoms with Crippen LogP contribution in [0.25, 0.3) is 0 Å². The summed E-state index contributed by atoms with van der Waals surface area (Å²) in [5.74, 6) is 3.09. The van der Waals surface area contributed by atoms with Crippen molar-refractivity contribution in [3.63, 3.8) is 0 Å². The summed E-state index contributed by atoms with van der Waals surface area (Å²) >= 11 is 0. The van der Waals surface area contributed by atoms with E-state index in [1.165, 1.54) is 24.8 Å². The highest BCUT2D eigenvalue weighted by Gasteiger charge is 2.64. The number of carbonyl (C=O) groups excluding carboxylic acids is 2. The third kappa shape index (κ3) is 1.97. The standard InChI is InChI=1S/C22H30O3/c1-3-19(24)17-5-4-15-14-11-20-18-10-13(23)6-9-22(18,12-25-20)16(14)7-8-21(15,17)2/h10,14-17,20H,3-9,11-12H2,1-2H3/t14?,15?,16?,17?,20-,21-,22-/m0/s1. The predicted octanol–water partition coefficient (Wildman–Crippen LogP) is 4.10. The van der Waals surface area contributed by atoms with E-state index in [0.717, 1.165) is 25.9 Å². The first-order chi connectivity index (χ1) is 12.0. The summed E-state index contributed by atoms with van der Waals surface area (Å²) < 4.78 is 6.24. The van der Waals surface area contributed by atoms with Gasteiger partial charge in [0.2, 0.25) is 0 Å². The molecule has 0 aromatic carbocycles. The zero-order valence-corrected chi connectivity index (χ0v) is 15.6. The van der Waals surface area contributed by atoms with Crippen molar-refractivity contribution in [3.05, 3.63) is 11.6 Å². The van der Waals surface area contributed by atoms with E-state index in [1.807, 2.05) is 13.0 Å². The van der Waals surface area contributed by atoms with E-state index in [1.54, 1.807) is 0 Å². The molecular formula is C22H30O3. The quantitative estimate of drug-likeness (QED) is 0.759. The molecule has 5 aliphatic rings. The van der Waals surface area contributed by atoms with Gasteiger partial charge in [-0.2, -0.15) is 0 Å². The molecule has 0 radical (unpaired) electrons. The van der Waals surface area contributed by atoms with E-state index < -0.39 is 0 Å². The van der Waals surface area contributed by atoms with Gasteiger partial charge in [0.1, 0.15) is 5.78 Å². The Morgan fingerprint density at radius 2 is 2.08 bits per heavy atom. The SMILES string of the molecule is CCC(=O)C1CCC2C3C[C@@H]4OC[C@@]5(CCC(=O)C=C45)C3CC[C@]12C. The molecule has 4 fully saturated rings. The highest BCUT2D eigenvalue weighted by molar-refractivity contribution is 5.92. The van der Waals surface area contributed by atoms with Crippen molar-refractivity contribution in [1.29, 1.82) is 0 Å². The average Bonchev–Trinajstić information content (AvgIpc) is 3.08. The minimum absolute atomic E-state index is 0.148. The van der Waals surface area contributed by atoms with E-state index in [-0.39, 0.29) is 22.9 Å². The Labute approximate surface area is 150 Å². The minimum atomic E-state index is 0.148. The molecule has 3 nitrogen and oxygen atoms in total. The molecule has 0 spiro atoms. The lowest BCUT2D eigenvalue weighted by Gasteiger charge is -2.56. The maximum Gasteiger partial charge on any atom is 0.155 e. The number of hydrogen-bond donors (Lipinski definition) is 0. The van der Waals surface area contributed by atoms with Crippen LogP contribution >= 0.6 is 0 Å². The number of Topliss-reactive ketones (excluding diaryl/α,β-unsaturated/α-hetero) is 1. The van der Waals surface area contributed by atoms with Gasteiger partial charge in [-0.3, -0.25) is 9.59 Å². The lowest BCUT2D eigenvalue weighted by atomic mass is 9.46. The first-order valence-corrected chi connectivity index (χ1v) is 10.4. The summed E-state index contributed by atoms with van der Waals surface area (Å²) in [6, 6.07) is 0. The van der Waals surface area contributed by atoms with Gasteiger partial charge < -0.3 is 4.74 Å². The van der Waals surface area contributed by atoms with Crippen molar-refractivity contribution < 1.29 is 14.3 Å². The zero-order valence-electron chi connectivity index (χ0n) is 15.6. The molecule has 1 heterocycles. The van der Waals surface area contributed by atoms with Gasteiger partial charge in [0, 0.05) is 24.2 Å². The van der Waals surface area contributed by atoms with Crippen molar-refractivity contribution >= 4 is 11.6 Å². The highest BCUT2D eigenvalue weighted by Crippen LogP contribution is 2.68. The Hall–Kier alpha value is -0.960. The molecule has 25 heavy (non-hydrogen) atoms. The van der Waals surface area contributed by atoms with Gasteiger partial charge in [0.15, 0.2) is 5.78 Å². The largest absolute Gasteiger partial charge is 0.373 e. The van der Waals surface area contributed by atoms with Gasteiger partial charge in [-0.15, -0.1) is 0 Å². The van der Waals surface area contributed by atoms with Crippen molar-refractivity contribution in [2.45, 2.75) is 71.3 Å². The first-order valence-electron chi connectivity index (χ1n) is 10.4. The Bertz CT molecular complexity index is 664. The second-order valence-electron chi connectivity index (χ2n) is 9.63. The lowest BCUT2D eigenvalue weighted by Crippen LogP contribution is -2.53. The van der Waals surface area contributed by atoms with Crippen LogP contribution in [0.3, 0.4) is 0 Å². The molecule has 3 saturated carbocycles. The Morgan fingerprint density at radius 3 is 2.88 bits per heavy atom. The predicted molar refractivity (Wildman–Crippen MR) is 94.9 cm³/mol. The molecule has 5 rings (SSSR count). The topological polar surface area (TPSA) is 43.4 Å². The lowest BCUT2D eigenvalue weighted by molar-refractivity contribution is -0.130. The molecule has 1 aliphatic heterocycles. The molecule has 136 valence electrons. The third-order valence-electron chi connectivity index (χ3n) is 8.97. The number of ketones is 2. The van der Waals surface area contributed by atoms with Crippen LogP contribution in [0.4, 0.5) is 0 Å². The number of ether oxygens (including phenoxy) is 1. The number of hydrogen-bond acceptors (Lipinski definition) is 3. The van der Waals surface area contributed by atoms with Crippen LogP contribution in [-0.2, 0) is 14.3 Å². The summed E-state index contributed by atoms with van der Waals surface area (Å²) in [7, 11) is 0. The van der Waals surface area contributed by atoms with Crippen molar-refractivity contribution in [3.8, 4) is 0 Å². The van der Waals surface area contributed by atoms with Gasteiger partial charge in [0.05, 0.1) is 12.7 Å².